The van der Waals surface area contributed by atoms with E-state index in [0.29, 0.717) is 34.4 Å². The molecule has 0 saturated carbocycles. The number of aromatic amines is 1. The lowest BCUT2D eigenvalue weighted by Gasteiger charge is -2.15. The molecule has 3 rings (SSSR count). The molecule has 3 N–H and O–H groups in total. The molecule has 0 saturated heterocycles. The fourth-order valence-electron chi connectivity index (χ4n) is 2.33. The summed E-state index contributed by atoms with van der Waals surface area (Å²) in [4.78, 5) is 0. The van der Waals surface area contributed by atoms with Gasteiger partial charge < -0.3 is 4.74 Å². The Kier molecular flexibility index (Phi) is 4.74. The molecule has 2 atom stereocenters. The number of benzene rings is 1. The van der Waals surface area contributed by atoms with E-state index in [1.54, 1.807) is 28.8 Å². The van der Waals surface area contributed by atoms with Crippen LogP contribution in [0.5, 0.6) is 5.75 Å². The monoisotopic (exact) mass is 369 g/mol. The number of nitrogens with one attached hydrogen (secondary N) is 2. The topological polar surface area (TPSA) is 105 Å². The van der Waals surface area contributed by atoms with Crippen LogP contribution in [0.2, 0.25) is 5.02 Å². The molecule has 0 amide bonds. The standard InChI is InChI=1S/C14H16ClN5O3S/c1-3-11(13-16-17-14-12(15)8(2)18-20(13)14)23-10-6-4-9(5-7-10)19-24(21)22/h4-7,11,18-19H,3H2,1-2H3,(H,21,22). The van der Waals surface area contributed by atoms with Crippen molar-refractivity contribution in [3.63, 3.8) is 0 Å². The number of aryl methyl sites for hydroxylation is 1. The molecule has 0 fully saturated rings. The number of fused-ring (bicyclic) bond motifs is 1. The van der Waals surface area contributed by atoms with Crippen molar-refractivity contribution in [3.8, 4) is 5.75 Å². The first kappa shape index (κ1) is 16.7. The third kappa shape index (κ3) is 3.23. The van der Waals surface area contributed by atoms with E-state index in [0.717, 1.165) is 5.69 Å². The summed E-state index contributed by atoms with van der Waals surface area (Å²) in [5.74, 6) is 1.24. The fourth-order valence-corrected chi connectivity index (χ4v) is 2.83. The summed E-state index contributed by atoms with van der Waals surface area (Å²) >= 11 is 4.07. The summed E-state index contributed by atoms with van der Waals surface area (Å²) in [6.45, 7) is 3.84. The molecule has 10 heteroatoms. The highest BCUT2D eigenvalue weighted by atomic mass is 35.5. The predicted octanol–water partition coefficient (Wildman–Crippen LogP) is 3.10. The van der Waals surface area contributed by atoms with E-state index < -0.39 is 11.3 Å². The van der Waals surface area contributed by atoms with Crippen LogP contribution in [-0.2, 0) is 11.3 Å². The number of ether oxygens (including phenoxy) is 1. The van der Waals surface area contributed by atoms with Crippen LogP contribution in [0.3, 0.4) is 0 Å². The third-order valence-corrected chi connectivity index (χ3v) is 4.35. The molecule has 24 heavy (non-hydrogen) atoms. The van der Waals surface area contributed by atoms with Gasteiger partial charge in [-0.25, -0.2) is 8.72 Å². The highest BCUT2D eigenvalue weighted by Gasteiger charge is 2.21. The van der Waals surface area contributed by atoms with E-state index in [4.69, 9.17) is 20.9 Å². The Balaban J connectivity index is 1.83. The van der Waals surface area contributed by atoms with Crippen molar-refractivity contribution in [1.82, 2.24) is 19.8 Å². The number of nitrogens with zero attached hydrogens (tertiary/aromatic N) is 3. The van der Waals surface area contributed by atoms with E-state index in [-0.39, 0.29) is 6.10 Å². The lowest BCUT2D eigenvalue weighted by Crippen LogP contribution is -2.11. The van der Waals surface area contributed by atoms with Crippen LogP contribution in [0.15, 0.2) is 24.3 Å². The Bertz CT molecular complexity index is 877. The first-order valence-corrected chi connectivity index (χ1v) is 8.71. The molecule has 1 aromatic carbocycles. The SMILES string of the molecule is CCC(Oc1ccc(NS(=O)O)cc1)c1nnc2c(Cl)c(C)[nH]n12. The minimum absolute atomic E-state index is 0.320. The van der Waals surface area contributed by atoms with Crippen LogP contribution in [-0.4, -0.2) is 28.6 Å². The number of aromatic nitrogens is 4. The highest BCUT2D eigenvalue weighted by molar-refractivity contribution is 7.80. The van der Waals surface area contributed by atoms with Gasteiger partial charge in [-0.3, -0.25) is 14.4 Å². The summed E-state index contributed by atoms with van der Waals surface area (Å²) < 4.78 is 29.6. The Morgan fingerprint density at radius 2 is 2.12 bits per heavy atom. The second-order valence-corrected chi connectivity index (χ2v) is 6.24. The van der Waals surface area contributed by atoms with Gasteiger partial charge in [0.25, 0.3) is 11.3 Å². The molecule has 0 aliphatic carbocycles. The molecule has 128 valence electrons. The van der Waals surface area contributed by atoms with E-state index in [2.05, 4.69) is 20.0 Å². The zero-order valence-corrected chi connectivity index (χ0v) is 14.6. The Morgan fingerprint density at radius 3 is 2.75 bits per heavy atom. The summed E-state index contributed by atoms with van der Waals surface area (Å²) in [5.41, 5.74) is 1.90. The second-order valence-electron chi connectivity index (χ2n) is 5.16. The zero-order chi connectivity index (χ0) is 17.3. The quantitative estimate of drug-likeness (QED) is 0.579. The number of hydrogen-bond acceptors (Lipinski definition) is 4. The van der Waals surface area contributed by atoms with Gasteiger partial charge in [0.2, 0.25) is 0 Å². The van der Waals surface area contributed by atoms with Crippen LogP contribution in [0, 0.1) is 6.92 Å². The van der Waals surface area contributed by atoms with E-state index in [1.807, 2.05) is 13.8 Å². The van der Waals surface area contributed by atoms with Crippen molar-refractivity contribution in [2.24, 2.45) is 0 Å². The maximum absolute atomic E-state index is 10.7. The van der Waals surface area contributed by atoms with Crippen LogP contribution >= 0.6 is 11.6 Å². The average molecular weight is 370 g/mol. The molecular formula is C14H16ClN5O3S. The predicted molar refractivity (Wildman–Crippen MR) is 91.6 cm³/mol. The van der Waals surface area contributed by atoms with Gasteiger partial charge in [0, 0.05) is 5.69 Å². The van der Waals surface area contributed by atoms with Gasteiger partial charge in [0.1, 0.15) is 10.8 Å². The maximum Gasteiger partial charge on any atom is 0.259 e. The molecule has 0 spiro atoms. The Hall–Kier alpha value is -2.10. The number of halogens is 1. The van der Waals surface area contributed by atoms with Crippen molar-refractivity contribution in [1.29, 1.82) is 0 Å². The second kappa shape index (κ2) is 6.80. The van der Waals surface area contributed by atoms with Crippen molar-refractivity contribution >= 4 is 34.2 Å². The molecule has 2 unspecified atom stereocenters. The summed E-state index contributed by atoms with van der Waals surface area (Å²) in [6, 6.07) is 6.74. The minimum atomic E-state index is -2.10. The Labute approximate surface area is 145 Å². The van der Waals surface area contributed by atoms with Gasteiger partial charge in [-0.15, -0.1) is 10.2 Å². The van der Waals surface area contributed by atoms with Crippen LogP contribution in [0.25, 0.3) is 5.65 Å². The van der Waals surface area contributed by atoms with Gasteiger partial charge in [-0.05, 0) is 37.6 Å². The van der Waals surface area contributed by atoms with Gasteiger partial charge in [-0.1, -0.05) is 18.5 Å². The number of H-pyrrole nitrogens is 1. The van der Waals surface area contributed by atoms with E-state index in [9.17, 15) is 4.21 Å². The maximum atomic E-state index is 10.7. The highest BCUT2D eigenvalue weighted by Crippen LogP contribution is 2.27. The molecule has 0 bridgehead atoms. The molecule has 3 aromatic rings. The summed E-state index contributed by atoms with van der Waals surface area (Å²) in [5, 5.41) is 11.9. The third-order valence-electron chi connectivity index (χ3n) is 3.49. The van der Waals surface area contributed by atoms with Gasteiger partial charge in [-0.2, -0.15) is 0 Å². The largest absolute Gasteiger partial charge is 0.482 e. The van der Waals surface area contributed by atoms with Gasteiger partial charge >= 0.3 is 0 Å². The van der Waals surface area contributed by atoms with Gasteiger partial charge in [0.05, 0.1) is 5.69 Å². The lowest BCUT2D eigenvalue weighted by molar-refractivity contribution is 0.188. The first-order valence-electron chi connectivity index (χ1n) is 7.23. The van der Waals surface area contributed by atoms with Crippen LogP contribution in [0.1, 0.15) is 31.0 Å². The van der Waals surface area contributed by atoms with Crippen molar-refractivity contribution in [3.05, 3.63) is 40.8 Å². The van der Waals surface area contributed by atoms with Crippen LogP contribution < -0.4 is 9.46 Å². The van der Waals surface area contributed by atoms with Crippen molar-refractivity contribution < 1.29 is 13.5 Å². The number of hydrogen-bond donors (Lipinski definition) is 3. The fraction of sp³-hybridized carbons (Fsp3) is 0.286. The molecule has 0 radical (unpaired) electrons. The van der Waals surface area contributed by atoms with Crippen molar-refractivity contribution in [2.45, 2.75) is 26.4 Å². The zero-order valence-electron chi connectivity index (χ0n) is 13.0. The molecule has 8 nitrogen and oxygen atoms in total. The van der Waals surface area contributed by atoms with E-state index >= 15 is 0 Å². The lowest BCUT2D eigenvalue weighted by atomic mass is 10.2. The number of rotatable bonds is 6. The first-order chi connectivity index (χ1) is 11.5. The van der Waals surface area contributed by atoms with Crippen molar-refractivity contribution in [2.75, 3.05) is 4.72 Å². The normalized spacial score (nSPS) is 13.8. The summed E-state index contributed by atoms with van der Waals surface area (Å²) in [6.07, 6.45) is 0.358. The molecule has 0 aliphatic rings. The smallest absolute Gasteiger partial charge is 0.259 e. The molecule has 2 aromatic heterocycles. The molecule has 2 heterocycles. The molecular weight excluding hydrogens is 354 g/mol. The Morgan fingerprint density at radius 1 is 1.42 bits per heavy atom. The summed E-state index contributed by atoms with van der Waals surface area (Å²) in [7, 11) is 0. The number of anilines is 1. The average Bonchev–Trinajstić information content (AvgIpc) is 3.07. The van der Waals surface area contributed by atoms with E-state index in [1.165, 1.54) is 0 Å². The van der Waals surface area contributed by atoms with Gasteiger partial charge in [0.15, 0.2) is 17.6 Å². The van der Waals surface area contributed by atoms with Crippen LogP contribution in [0.4, 0.5) is 5.69 Å². The minimum Gasteiger partial charge on any atom is -0.482 e. The molecule has 0 aliphatic heterocycles.